The largest absolute Gasteiger partial charge is 0.303 e. The van der Waals surface area contributed by atoms with Crippen molar-refractivity contribution in [1.29, 1.82) is 0 Å². The molecule has 3 nitrogen and oxygen atoms in total. The molecule has 0 bridgehead atoms. The molecule has 70 valence electrons. The molecule has 0 atom stereocenters. The minimum Gasteiger partial charge on any atom is -0.303 e. The predicted octanol–water partition coefficient (Wildman–Crippen LogP) is 1.45. The predicted molar refractivity (Wildman–Crippen MR) is 53.8 cm³/mol. The molecular formula is C9H11ClN2O. The summed E-state index contributed by atoms with van der Waals surface area (Å²) in [7, 11) is 0. The van der Waals surface area contributed by atoms with Crippen LogP contribution in [0.2, 0.25) is 0 Å². The Morgan fingerprint density at radius 2 is 1.69 bits per heavy atom. The van der Waals surface area contributed by atoms with Gasteiger partial charge in [0.1, 0.15) is 0 Å². The Bertz CT molecular complexity index is 298. The van der Waals surface area contributed by atoms with Gasteiger partial charge in [-0.05, 0) is 11.1 Å². The molecule has 1 aliphatic carbocycles. The number of benzene rings is 1. The first-order valence-corrected chi connectivity index (χ1v) is 3.88. The zero-order valence-corrected chi connectivity index (χ0v) is 7.88. The monoisotopic (exact) mass is 198 g/mol. The zero-order valence-electron chi connectivity index (χ0n) is 7.06. The Labute approximate surface area is 82.9 Å². The van der Waals surface area contributed by atoms with Gasteiger partial charge < -0.3 is 4.94 Å². The molecule has 0 aromatic heterocycles. The molecule has 2 rings (SSSR count). The zero-order chi connectivity index (χ0) is 8.39. The SMILES string of the molecule is Cl.NON=C1Cc2ccccc2C1. The van der Waals surface area contributed by atoms with Crippen molar-refractivity contribution in [3.8, 4) is 0 Å². The quantitative estimate of drug-likeness (QED) is 0.695. The van der Waals surface area contributed by atoms with Crippen LogP contribution in [-0.2, 0) is 17.8 Å². The summed E-state index contributed by atoms with van der Waals surface area (Å²) in [5, 5.41) is 3.73. The van der Waals surface area contributed by atoms with Crippen molar-refractivity contribution in [2.24, 2.45) is 11.1 Å². The number of nitrogens with zero attached hydrogens (tertiary/aromatic N) is 1. The lowest BCUT2D eigenvalue weighted by molar-refractivity contribution is 0.148. The van der Waals surface area contributed by atoms with Crippen LogP contribution in [0.3, 0.4) is 0 Å². The number of hydrogen-bond donors (Lipinski definition) is 1. The number of nitrogens with two attached hydrogens (primary N) is 1. The van der Waals surface area contributed by atoms with Crippen molar-refractivity contribution in [2.75, 3.05) is 0 Å². The minimum atomic E-state index is 0. The maximum absolute atomic E-state index is 4.86. The second-order valence-electron chi connectivity index (χ2n) is 2.89. The lowest BCUT2D eigenvalue weighted by Gasteiger charge is -1.92. The highest BCUT2D eigenvalue weighted by atomic mass is 35.5. The standard InChI is InChI=1S/C9H10N2O.ClH/c10-12-11-9-5-7-3-1-2-4-8(7)6-9;/h1-4H,5-6,10H2;1H. The minimum absolute atomic E-state index is 0. The van der Waals surface area contributed by atoms with Crippen LogP contribution in [-0.4, -0.2) is 5.71 Å². The van der Waals surface area contributed by atoms with E-state index in [2.05, 4.69) is 22.2 Å². The number of hydrogen-bond acceptors (Lipinski definition) is 3. The van der Waals surface area contributed by atoms with E-state index >= 15 is 0 Å². The van der Waals surface area contributed by atoms with Crippen LogP contribution in [0.15, 0.2) is 29.4 Å². The first kappa shape index (κ1) is 10.0. The third-order valence-electron chi connectivity index (χ3n) is 2.09. The summed E-state index contributed by atoms with van der Waals surface area (Å²) < 4.78 is 0. The Kier molecular flexibility index (Phi) is 3.28. The summed E-state index contributed by atoms with van der Waals surface area (Å²) in [4.78, 5) is 4.24. The third kappa shape index (κ3) is 1.99. The van der Waals surface area contributed by atoms with Crippen LogP contribution in [0.25, 0.3) is 0 Å². The molecule has 4 heteroatoms. The van der Waals surface area contributed by atoms with Gasteiger partial charge in [-0.2, -0.15) is 0 Å². The van der Waals surface area contributed by atoms with E-state index in [1.165, 1.54) is 11.1 Å². The highest BCUT2D eigenvalue weighted by molar-refractivity contribution is 5.92. The van der Waals surface area contributed by atoms with E-state index in [-0.39, 0.29) is 12.4 Å². The summed E-state index contributed by atoms with van der Waals surface area (Å²) >= 11 is 0. The van der Waals surface area contributed by atoms with Gasteiger partial charge in [0, 0.05) is 12.8 Å². The van der Waals surface area contributed by atoms with Crippen LogP contribution in [0, 0.1) is 0 Å². The van der Waals surface area contributed by atoms with Crippen LogP contribution in [0.1, 0.15) is 11.1 Å². The Hall–Kier alpha value is -1.06. The molecule has 0 saturated carbocycles. The Balaban J connectivity index is 0.000000845. The van der Waals surface area contributed by atoms with E-state index in [1.54, 1.807) is 0 Å². The van der Waals surface area contributed by atoms with Crippen LogP contribution < -0.4 is 5.90 Å². The van der Waals surface area contributed by atoms with Crippen molar-refractivity contribution in [3.05, 3.63) is 35.4 Å². The lowest BCUT2D eigenvalue weighted by atomic mass is 10.1. The molecule has 0 unspecified atom stereocenters. The van der Waals surface area contributed by atoms with Gasteiger partial charge in [-0.15, -0.1) is 18.3 Å². The van der Waals surface area contributed by atoms with Crippen molar-refractivity contribution >= 4 is 18.1 Å². The van der Waals surface area contributed by atoms with Gasteiger partial charge in [0.25, 0.3) is 0 Å². The van der Waals surface area contributed by atoms with E-state index in [4.69, 9.17) is 5.90 Å². The van der Waals surface area contributed by atoms with Crippen LogP contribution in [0.4, 0.5) is 0 Å². The van der Waals surface area contributed by atoms with Gasteiger partial charge in [-0.25, -0.2) is 0 Å². The topological polar surface area (TPSA) is 47.6 Å². The average molecular weight is 199 g/mol. The molecule has 0 saturated heterocycles. The van der Waals surface area contributed by atoms with Gasteiger partial charge in [-0.1, -0.05) is 29.4 Å². The summed E-state index contributed by atoms with van der Waals surface area (Å²) in [6.07, 6.45) is 1.74. The normalized spacial score (nSPS) is 13.2. The smallest absolute Gasteiger partial charge is 0.0684 e. The molecule has 2 N–H and O–H groups in total. The van der Waals surface area contributed by atoms with Crippen molar-refractivity contribution < 1.29 is 4.94 Å². The average Bonchev–Trinajstić information content (AvgIpc) is 2.47. The van der Waals surface area contributed by atoms with Gasteiger partial charge in [-0.3, -0.25) is 0 Å². The molecule has 0 amide bonds. The van der Waals surface area contributed by atoms with Crippen LogP contribution in [0.5, 0.6) is 0 Å². The van der Waals surface area contributed by atoms with Crippen LogP contribution >= 0.6 is 12.4 Å². The second kappa shape index (κ2) is 4.25. The maximum atomic E-state index is 4.86. The molecule has 0 radical (unpaired) electrons. The lowest BCUT2D eigenvalue weighted by Crippen LogP contribution is -2.00. The van der Waals surface area contributed by atoms with E-state index in [0.717, 1.165) is 18.6 Å². The van der Waals surface area contributed by atoms with Crippen molar-refractivity contribution in [3.63, 3.8) is 0 Å². The molecule has 1 aliphatic rings. The van der Waals surface area contributed by atoms with Crippen molar-refractivity contribution in [2.45, 2.75) is 12.8 Å². The van der Waals surface area contributed by atoms with E-state index in [1.807, 2.05) is 12.1 Å². The highest BCUT2D eigenvalue weighted by Gasteiger charge is 2.15. The molecule has 1 aromatic rings. The first-order chi connectivity index (χ1) is 5.90. The van der Waals surface area contributed by atoms with Gasteiger partial charge in [0.15, 0.2) is 0 Å². The Morgan fingerprint density at radius 1 is 1.15 bits per heavy atom. The van der Waals surface area contributed by atoms with E-state index < -0.39 is 0 Å². The third-order valence-corrected chi connectivity index (χ3v) is 2.09. The second-order valence-corrected chi connectivity index (χ2v) is 2.89. The molecular weight excluding hydrogens is 188 g/mol. The fourth-order valence-electron chi connectivity index (χ4n) is 1.54. The van der Waals surface area contributed by atoms with E-state index in [0.29, 0.717) is 0 Å². The fourth-order valence-corrected chi connectivity index (χ4v) is 1.54. The Morgan fingerprint density at radius 3 is 2.15 bits per heavy atom. The highest BCUT2D eigenvalue weighted by Crippen LogP contribution is 2.19. The summed E-state index contributed by atoms with van der Waals surface area (Å²) in [5.74, 6) is 4.86. The van der Waals surface area contributed by atoms with Crippen molar-refractivity contribution in [1.82, 2.24) is 0 Å². The van der Waals surface area contributed by atoms with Gasteiger partial charge in [0.2, 0.25) is 0 Å². The van der Waals surface area contributed by atoms with Gasteiger partial charge in [0.05, 0.1) is 5.71 Å². The maximum Gasteiger partial charge on any atom is 0.0684 e. The van der Waals surface area contributed by atoms with Gasteiger partial charge >= 0.3 is 0 Å². The molecule has 13 heavy (non-hydrogen) atoms. The summed E-state index contributed by atoms with van der Waals surface area (Å²) in [6, 6.07) is 8.28. The molecule has 0 fully saturated rings. The summed E-state index contributed by atoms with van der Waals surface area (Å²) in [6.45, 7) is 0. The fraction of sp³-hybridized carbons (Fsp3) is 0.222. The number of oxime groups is 1. The molecule has 0 spiro atoms. The van der Waals surface area contributed by atoms with E-state index in [9.17, 15) is 0 Å². The number of halogens is 1. The molecule has 1 aromatic carbocycles. The summed E-state index contributed by atoms with van der Waals surface area (Å²) in [5.41, 5.74) is 3.65. The number of rotatable bonds is 1. The molecule has 0 heterocycles. The number of fused-ring (bicyclic) bond motifs is 1. The first-order valence-electron chi connectivity index (χ1n) is 3.88. The molecule has 0 aliphatic heterocycles.